The van der Waals surface area contributed by atoms with Crippen LogP contribution in [-0.2, 0) is 28.6 Å². The van der Waals surface area contributed by atoms with Crippen molar-refractivity contribution < 1.29 is 28.6 Å². The minimum Gasteiger partial charge on any atom is -0.465 e. The molecule has 2 bridgehead atoms. The molecule has 0 aromatic carbocycles. The fourth-order valence-electron chi connectivity index (χ4n) is 4.45. The van der Waals surface area contributed by atoms with Gasteiger partial charge in [-0.2, -0.15) is 0 Å². The Kier molecular flexibility index (Phi) is 5.31. The average Bonchev–Trinajstić information content (AvgIpc) is 3.22. The van der Waals surface area contributed by atoms with Crippen molar-refractivity contribution in [1.82, 2.24) is 0 Å². The summed E-state index contributed by atoms with van der Waals surface area (Å²) in [6.07, 6.45) is 3.11. The number of carbonyl (C=O) groups is 3. The molecule has 0 aromatic rings. The van der Waals surface area contributed by atoms with Crippen molar-refractivity contribution in [2.24, 2.45) is 29.1 Å². The van der Waals surface area contributed by atoms with Gasteiger partial charge >= 0.3 is 17.9 Å². The van der Waals surface area contributed by atoms with Crippen LogP contribution in [0, 0.1) is 29.1 Å². The summed E-state index contributed by atoms with van der Waals surface area (Å²) in [5.74, 6) is -0.165. The van der Waals surface area contributed by atoms with Gasteiger partial charge in [-0.25, -0.2) is 0 Å². The monoisotopic (exact) mass is 366 g/mol. The third kappa shape index (κ3) is 3.47. The molecule has 0 amide bonds. The van der Waals surface area contributed by atoms with Crippen LogP contribution in [0.1, 0.15) is 59.8 Å². The summed E-state index contributed by atoms with van der Waals surface area (Å²) >= 11 is 0. The molecule has 3 fully saturated rings. The molecular weight excluding hydrogens is 336 g/mol. The fraction of sp³-hybridized carbons (Fsp3) is 0.850. The Bertz CT molecular complexity index is 583. The lowest BCUT2D eigenvalue weighted by Gasteiger charge is -2.30. The molecule has 3 aliphatic rings. The lowest BCUT2D eigenvalue weighted by Crippen LogP contribution is -2.39. The van der Waals surface area contributed by atoms with Crippen molar-refractivity contribution in [3.8, 4) is 0 Å². The zero-order valence-corrected chi connectivity index (χ0v) is 16.2. The van der Waals surface area contributed by atoms with E-state index in [2.05, 4.69) is 0 Å². The number of hydrogen-bond donors (Lipinski definition) is 0. The standard InChI is InChI=1S/C20H30O6/c1-5-11(2)17(21)24-8-6-7-20(3,4)19(23)26-15-12-9-13-14(10-12)18(22)25-16(13)15/h11-16H,5-10H2,1-4H3. The van der Waals surface area contributed by atoms with E-state index in [0.29, 0.717) is 19.4 Å². The van der Waals surface area contributed by atoms with E-state index >= 15 is 0 Å². The SMILES string of the molecule is CCC(C)C(=O)OCCCC(C)(C)C(=O)OC1C2CC3C(=O)OC1C3C2. The molecule has 0 N–H and O–H groups in total. The van der Waals surface area contributed by atoms with Crippen LogP contribution in [-0.4, -0.2) is 36.7 Å². The van der Waals surface area contributed by atoms with Crippen LogP contribution < -0.4 is 0 Å². The van der Waals surface area contributed by atoms with Gasteiger partial charge < -0.3 is 14.2 Å². The number of esters is 3. The summed E-state index contributed by atoms with van der Waals surface area (Å²) in [7, 11) is 0. The van der Waals surface area contributed by atoms with Crippen LogP contribution in [0.4, 0.5) is 0 Å². The van der Waals surface area contributed by atoms with Gasteiger partial charge in [-0.3, -0.25) is 14.4 Å². The summed E-state index contributed by atoms with van der Waals surface area (Å²) in [5, 5.41) is 0. The number of ether oxygens (including phenoxy) is 3. The number of fused-ring (bicyclic) bond motifs is 1. The highest BCUT2D eigenvalue weighted by atomic mass is 16.6. The van der Waals surface area contributed by atoms with Crippen molar-refractivity contribution in [3.63, 3.8) is 0 Å². The van der Waals surface area contributed by atoms with Crippen LogP contribution >= 0.6 is 0 Å². The summed E-state index contributed by atoms with van der Waals surface area (Å²) in [5.41, 5.74) is -0.660. The normalized spacial score (nSPS) is 33.1. The molecule has 6 heteroatoms. The van der Waals surface area contributed by atoms with Crippen molar-refractivity contribution in [3.05, 3.63) is 0 Å². The molecule has 1 heterocycles. The predicted octanol–water partition coefficient (Wildman–Crippen LogP) is 2.88. The third-order valence-electron chi connectivity index (χ3n) is 6.41. The lowest BCUT2D eigenvalue weighted by atomic mass is 9.86. The van der Waals surface area contributed by atoms with E-state index in [0.717, 1.165) is 19.3 Å². The Morgan fingerprint density at radius 3 is 2.73 bits per heavy atom. The van der Waals surface area contributed by atoms with E-state index in [4.69, 9.17) is 14.2 Å². The van der Waals surface area contributed by atoms with Crippen molar-refractivity contribution in [2.45, 2.75) is 72.0 Å². The first kappa shape index (κ1) is 19.2. The molecule has 1 saturated heterocycles. The zero-order valence-electron chi connectivity index (χ0n) is 16.2. The molecule has 2 saturated carbocycles. The van der Waals surface area contributed by atoms with Crippen molar-refractivity contribution >= 4 is 17.9 Å². The van der Waals surface area contributed by atoms with E-state index in [9.17, 15) is 14.4 Å². The Morgan fingerprint density at radius 1 is 1.31 bits per heavy atom. The molecule has 6 atom stereocenters. The van der Waals surface area contributed by atoms with Crippen LogP contribution in [0.3, 0.4) is 0 Å². The summed E-state index contributed by atoms with van der Waals surface area (Å²) in [6, 6.07) is 0. The molecule has 3 rings (SSSR count). The first-order valence-corrected chi connectivity index (χ1v) is 9.82. The Hall–Kier alpha value is -1.59. The van der Waals surface area contributed by atoms with Crippen molar-refractivity contribution in [2.75, 3.05) is 6.61 Å². The minimum atomic E-state index is -0.660. The highest BCUT2D eigenvalue weighted by Gasteiger charge is 2.63. The Labute approximate surface area is 154 Å². The molecule has 1 aliphatic heterocycles. The number of rotatable bonds is 8. The van der Waals surface area contributed by atoms with Gasteiger partial charge in [0.25, 0.3) is 0 Å². The molecule has 6 unspecified atom stereocenters. The summed E-state index contributed by atoms with van der Waals surface area (Å²) in [6.45, 7) is 7.81. The van der Waals surface area contributed by atoms with Crippen molar-refractivity contribution in [1.29, 1.82) is 0 Å². The molecule has 0 radical (unpaired) electrons. The molecule has 26 heavy (non-hydrogen) atoms. The maximum absolute atomic E-state index is 12.7. The van der Waals surface area contributed by atoms with Crippen LogP contribution in [0.5, 0.6) is 0 Å². The smallest absolute Gasteiger partial charge is 0.311 e. The second kappa shape index (κ2) is 7.20. The van der Waals surface area contributed by atoms with E-state index in [1.165, 1.54) is 0 Å². The Balaban J connectivity index is 1.45. The quantitative estimate of drug-likeness (QED) is 0.373. The van der Waals surface area contributed by atoms with Gasteiger partial charge in [0.05, 0.1) is 23.9 Å². The molecular formula is C20H30O6. The maximum Gasteiger partial charge on any atom is 0.311 e. The second-order valence-corrected chi connectivity index (χ2v) is 8.74. The highest BCUT2D eigenvalue weighted by Crippen LogP contribution is 2.55. The summed E-state index contributed by atoms with van der Waals surface area (Å²) < 4.78 is 16.5. The van der Waals surface area contributed by atoms with E-state index in [-0.39, 0.29) is 53.8 Å². The van der Waals surface area contributed by atoms with Gasteiger partial charge in [0.1, 0.15) is 12.2 Å². The first-order chi connectivity index (χ1) is 12.2. The molecule has 2 aliphatic carbocycles. The van der Waals surface area contributed by atoms with Crippen LogP contribution in [0.15, 0.2) is 0 Å². The summed E-state index contributed by atoms with van der Waals surface area (Å²) in [4.78, 5) is 36.2. The maximum atomic E-state index is 12.7. The van der Waals surface area contributed by atoms with Gasteiger partial charge in [0.15, 0.2) is 0 Å². The van der Waals surface area contributed by atoms with E-state index < -0.39 is 5.41 Å². The van der Waals surface area contributed by atoms with Gasteiger partial charge in [-0.15, -0.1) is 0 Å². The van der Waals surface area contributed by atoms with Crippen LogP contribution in [0.25, 0.3) is 0 Å². The van der Waals surface area contributed by atoms with E-state index in [1.807, 2.05) is 27.7 Å². The first-order valence-electron chi connectivity index (χ1n) is 9.82. The Morgan fingerprint density at radius 2 is 2.04 bits per heavy atom. The van der Waals surface area contributed by atoms with E-state index in [1.54, 1.807) is 0 Å². The third-order valence-corrected chi connectivity index (χ3v) is 6.41. The molecule has 146 valence electrons. The van der Waals surface area contributed by atoms with Gasteiger partial charge in [-0.1, -0.05) is 13.8 Å². The molecule has 0 spiro atoms. The zero-order chi connectivity index (χ0) is 19.1. The average molecular weight is 366 g/mol. The molecule has 0 aromatic heterocycles. The number of hydrogen-bond acceptors (Lipinski definition) is 6. The number of carbonyl (C=O) groups excluding carboxylic acids is 3. The predicted molar refractivity (Wildman–Crippen MR) is 92.9 cm³/mol. The topological polar surface area (TPSA) is 78.9 Å². The molecule has 6 nitrogen and oxygen atoms in total. The van der Waals surface area contributed by atoms with Crippen LogP contribution in [0.2, 0.25) is 0 Å². The second-order valence-electron chi connectivity index (χ2n) is 8.74. The minimum absolute atomic E-state index is 0.0214. The van der Waals surface area contributed by atoms with Gasteiger partial charge in [-0.05, 0) is 46.0 Å². The lowest BCUT2D eigenvalue weighted by molar-refractivity contribution is -0.170. The fourth-order valence-corrected chi connectivity index (χ4v) is 4.45. The van der Waals surface area contributed by atoms with Gasteiger partial charge in [0, 0.05) is 11.8 Å². The largest absolute Gasteiger partial charge is 0.465 e. The highest BCUT2D eigenvalue weighted by molar-refractivity contribution is 5.78. The van der Waals surface area contributed by atoms with Gasteiger partial charge in [0.2, 0.25) is 0 Å².